The maximum atomic E-state index is 13.5. The van der Waals surface area contributed by atoms with Gasteiger partial charge in [-0.2, -0.15) is 0 Å². The normalized spacial score (nSPS) is 16.5. The van der Waals surface area contributed by atoms with Crippen molar-refractivity contribution in [1.82, 2.24) is 15.5 Å². The minimum Gasteiger partial charge on any atom is -0.357 e. The smallest absolute Gasteiger partial charge is 0.191 e. The Morgan fingerprint density at radius 3 is 2.67 bits per heavy atom. The number of nitrogens with zero attached hydrogens (tertiary/aromatic N) is 2. The number of likely N-dealkylation sites (N-methyl/N-ethyl adjacent to an activating group) is 1. The standard InChI is InChI=1S/C19H31FN4/c1-5-21-18(22-11-12-24(4)15(2)3)23-14-19(9-10-19)16-7-6-8-17(20)13-16/h6-8,13,15H,5,9-12,14H2,1-4H3,(H2,21,22,23). The van der Waals surface area contributed by atoms with Crippen LogP contribution >= 0.6 is 0 Å². The van der Waals surface area contributed by atoms with Crippen molar-refractivity contribution < 1.29 is 4.39 Å². The van der Waals surface area contributed by atoms with Crippen molar-refractivity contribution in [3.8, 4) is 0 Å². The first-order valence-corrected chi connectivity index (χ1v) is 8.95. The molecule has 1 aromatic carbocycles. The van der Waals surface area contributed by atoms with E-state index in [1.807, 2.05) is 6.07 Å². The molecule has 0 radical (unpaired) electrons. The van der Waals surface area contributed by atoms with Crippen LogP contribution in [0.5, 0.6) is 0 Å². The van der Waals surface area contributed by atoms with Crippen molar-refractivity contribution in [3.63, 3.8) is 0 Å². The highest BCUT2D eigenvalue weighted by Crippen LogP contribution is 2.48. The van der Waals surface area contributed by atoms with E-state index in [-0.39, 0.29) is 11.2 Å². The molecular formula is C19H31FN4. The second-order valence-corrected chi connectivity index (χ2v) is 6.99. The van der Waals surface area contributed by atoms with Crippen molar-refractivity contribution in [1.29, 1.82) is 0 Å². The highest BCUT2D eigenvalue weighted by Gasteiger charge is 2.44. The summed E-state index contributed by atoms with van der Waals surface area (Å²) in [5.74, 6) is 0.682. The number of hydrogen-bond acceptors (Lipinski definition) is 2. The monoisotopic (exact) mass is 334 g/mol. The molecule has 1 aromatic rings. The first kappa shape index (κ1) is 18.7. The van der Waals surface area contributed by atoms with Gasteiger partial charge in [-0.15, -0.1) is 0 Å². The molecule has 5 heteroatoms. The lowest BCUT2D eigenvalue weighted by Gasteiger charge is -2.22. The van der Waals surface area contributed by atoms with Crippen LogP contribution in [0.2, 0.25) is 0 Å². The van der Waals surface area contributed by atoms with Crippen LogP contribution in [0, 0.1) is 5.82 Å². The highest BCUT2D eigenvalue weighted by atomic mass is 19.1. The van der Waals surface area contributed by atoms with Crippen LogP contribution < -0.4 is 10.6 Å². The lowest BCUT2D eigenvalue weighted by molar-refractivity contribution is 0.278. The molecule has 0 aliphatic heterocycles. The Morgan fingerprint density at radius 2 is 2.08 bits per heavy atom. The van der Waals surface area contributed by atoms with Gasteiger partial charge in [0.2, 0.25) is 0 Å². The van der Waals surface area contributed by atoms with Gasteiger partial charge in [-0.25, -0.2) is 4.39 Å². The number of guanidine groups is 1. The molecule has 0 spiro atoms. The number of benzene rings is 1. The second kappa shape index (κ2) is 8.47. The van der Waals surface area contributed by atoms with Gasteiger partial charge in [-0.05, 0) is 58.4 Å². The van der Waals surface area contributed by atoms with E-state index < -0.39 is 0 Å². The van der Waals surface area contributed by atoms with Gasteiger partial charge in [0.25, 0.3) is 0 Å². The van der Waals surface area contributed by atoms with Crippen molar-refractivity contribution in [2.24, 2.45) is 4.99 Å². The minimum absolute atomic E-state index is 0.0270. The SMILES string of the molecule is CCNC(=NCC1(c2cccc(F)c2)CC1)NCCN(C)C(C)C. The van der Waals surface area contributed by atoms with Crippen molar-refractivity contribution in [2.45, 2.75) is 45.1 Å². The molecule has 0 amide bonds. The molecule has 2 N–H and O–H groups in total. The molecule has 0 heterocycles. The summed E-state index contributed by atoms with van der Waals surface area (Å²) < 4.78 is 13.5. The predicted molar refractivity (Wildman–Crippen MR) is 99.1 cm³/mol. The molecular weight excluding hydrogens is 303 g/mol. The predicted octanol–water partition coefficient (Wildman–Crippen LogP) is 2.75. The van der Waals surface area contributed by atoms with Gasteiger partial charge in [0.05, 0.1) is 6.54 Å². The van der Waals surface area contributed by atoms with Gasteiger partial charge in [0, 0.05) is 31.1 Å². The summed E-state index contributed by atoms with van der Waals surface area (Å²) in [7, 11) is 2.12. The third kappa shape index (κ3) is 5.20. The summed E-state index contributed by atoms with van der Waals surface area (Å²) in [4.78, 5) is 7.05. The average molecular weight is 334 g/mol. The molecule has 0 atom stereocenters. The third-order valence-corrected chi connectivity index (χ3v) is 4.81. The molecule has 1 fully saturated rings. The molecule has 1 aliphatic rings. The van der Waals surface area contributed by atoms with E-state index in [0.717, 1.165) is 44.0 Å². The molecule has 0 bridgehead atoms. The second-order valence-electron chi connectivity index (χ2n) is 6.99. The van der Waals surface area contributed by atoms with E-state index in [1.165, 1.54) is 6.07 Å². The molecule has 0 aromatic heterocycles. The summed E-state index contributed by atoms with van der Waals surface area (Å²) in [6.07, 6.45) is 2.16. The largest absolute Gasteiger partial charge is 0.357 e. The maximum absolute atomic E-state index is 13.5. The number of hydrogen-bond donors (Lipinski definition) is 2. The Hall–Kier alpha value is -1.62. The Kier molecular flexibility index (Phi) is 6.60. The van der Waals surface area contributed by atoms with Crippen LogP contribution in [0.4, 0.5) is 4.39 Å². The van der Waals surface area contributed by atoms with Crippen molar-refractivity contribution in [3.05, 3.63) is 35.6 Å². The van der Waals surface area contributed by atoms with E-state index in [9.17, 15) is 4.39 Å². The third-order valence-electron chi connectivity index (χ3n) is 4.81. The molecule has 4 nitrogen and oxygen atoms in total. The van der Waals surface area contributed by atoms with E-state index in [0.29, 0.717) is 12.6 Å². The van der Waals surface area contributed by atoms with Crippen molar-refractivity contribution in [2.75, 3.05) is 33.2 Å². The van der Waals surface area contributed by atoms with Crippen LogP contribution in [0.1, 0.15) is 39.2 Å². The molecule has 2 rings (SSSR count). The number of halogens is 1. The molecule has 0 unspecified atom stereocenters. The first-order chi connectivity index (χ1) is 11.5. The van der Waals surface area contributed by atoms with E-state index in [4.69, 9.17) is 4.99 Å². The summed E-state index contributed by atoms with van der Waals surface area (Å²) in [6.45, 7) is 9.80. The van der Waals surface area contributed by atoms with Crippen LogP contribution in [0.15, 0.2) is 29.3 Å². The van der Waals surface area contributed by atoms with Gasteiger partial charge in [-0.3, -0.25) is 4.99 Å². The topological polar surface area (TPSA) is 39.7 Å². The quantitative estimate of drug-likeness (QED) is 0.567. The molecule has 0 saturated heterocycles. The lowest BCUT2D eigenvalue weighted by atomic mass is 9.96. The fourth-order valence-corrected chi connectivity index (χ4v) is 2.69. The zero-order valence-electron chi connectivity index (χ0n) is 15.4. The van der Waals surface area contributed by atoms with E-state index in [2.05, 4.69) is 43.4 Å². The summed E-state index contributed by atoms with van der Waals surface area (Å²) in [6, 6.07) is 7.50. The lowest BCUT2D eigenvalue weighted by Crippen LogP contribution is -2.42. The van der Waals surface area contributed by atoms with Crippen LogP contribution in [-0.4, -0.2) is 50.1 Å². The molecule has 24 heavy (non-hydrogen) atoms. The summed E-state index contributed by atoms with van der Waals surface area (Å²) in [5.41, 5.74) is 1.10. The fraction of sp³-hybridized carbons (Fsp3) is 0.632. The van der Waals surface area contributed by atoms with E-state index >= 15 is 0 Å². The van der Waals surface area contributed by atoms with Crippen molar-refractivity contribution >= 4 is 5.96 Å². The van der Waals surface area contributed by atoms with Gasteiger partial charge in [-0.1, -0.05) is 12.1 Å². The average Bonchev–Trinajstić information content (AvgIpc) is 3.33. The van der Waals surface area contributed by atoms with Crippen LogP contribution in [0.25, 0.3) is 0 Å². The maximum Gasteiger partial charge on any atom is 0.191 e. The van der Waals surface area contributed by atoms with Gasteiger partial charge in [0.15, 0.2) is 5.96 Å². The van der Waals surface area contributed by atoms with Gasteiger partial charge >= 0.3 is 0 Å². The Bertz CT molecular complexity index is 552. The van der Waals surface area contributed by atoms with Crippen LogP contribution in [0.3, 0.4) is 0 Å². The first-order valence-electron chi connectivity index (χ1n) is 8.95. The zero-order chi connectivity index (χ0) is 17.6. The number of nitrogens with one attached hydrogen (secondary N) is 2. The number of rotatable bonds is 8. The van der Waals surface area contributed by atoms with Gasteiger partial charge in [0.1, 0.15) is 5.82 Å². The minimum atomic E-state index is -0.162. The Balaban J connectivity index is 1.93. The highest BCUT2D eigenvalue weighted by molar-refractivity contribution is 5.79. The molecule has 134 valence electrons. The molecule has 1 saturated carbocycles. The zero-order valence-corrected chi connectivity index (χ0v) is 15.4. The Labute approximate surface area is 145 Å². The molecule has 1 aliphatic carbocycles. The fourth-order valence-electron chi connectivity index (χ4n) is 2.69. The van der Waals surface area contributed by atoms with Crippen LogP contribution in [-0.2, 0) is 5.41 Å². The Morgan fingerprint density at radius 1 is 1.33 bits per heavy atom. The van der Waals surface area contributed by atoms with E-state index in [1.54, 1.807) is 12.1 Å². The summed E-state index contributed by atoms with van der Waals surface area (Å²) >= 11 is 0. The van der Waals surface area contributed by atoms with Gasteiger partial charge < -0.3 is 15.5 Å². The summed E-state index contributed by atoms with van der Waals surface area (Å²) in [5, 5.41) is 6.69. The number of aliphatic imine (C=N–C) groups is 1.